The van der Waals surface area contributed by atoms with Gasteiger partial charge in [0, 0.05) is 6.08 Å². The molecule has 0 unspecified atom stereocenters. The van der Waals surface area contributed by atoms with Crippen LogP contribution in [-0.2, 0) is 9.53 Å². The molecule has 0 aliphatic carbocycles. The van der Waals surface area contributed by atoms with Gasteiger partial charge < -0.3 is 4.74 Å². The molecule has 102 valence electrons. The maximum absolute atomic E-state index is 11.8. The van der Waals surface area contributed by atoms with Crippen molar-refractivity contribution in [2.24, 2.45) is 0 Å². The molecule has 1 aliphatic heterocycles. The van der Waals surface area contributed by atoms with E-state index >= 15 is 0 Å². The molecule has 0 saturated heterocycles. The monoisotopic (exact) mass is 253 g/mol. The Morgan fingerprint density at radius 1 is 1.39 bits per heavy atom. The van der Waals surface area contributed by atoms with E-state index < -0.39 is 11.7 Å². The van der Waals surface area contributed by atoms with Crippen molar-refractivity contribution in [3.05, 3.63) is 11.6 Å². The van der Waals surface area contributed by atoms with Gasteiger partial charge in [0.15, 0.2) is 0 Å². The predicted octanol–water partition coefficient (Wildman–Crippen LogP) is 3.27. The minimum atomic E-state index is -0.567. The van der Waals surface area contributed by atoms with E-state index in [2.05, 4.69) is 6.92 Å². The molecule has 0 saturated carbocycles. The van der Waals surface area contributed by atoms with E-state index in [1.54, 1.807) is 26.8 Å². The summed E-state index contributed by atoms with van der Waals surface area (Å²) in [6, 6.07) is 0. The van der Waals surface area contributed by atoms with Gasteiger partial charge in [0.1, 0.15) is 5.60 Å². The van der Waals surface area contributed by atoms with E-state index in [9.17, 15) is 9.59 Å². The summed E-state index contributed by atoms with van der Waals surface area (Å²) in [6.45, 7) is 7.90. The number of rotatable bonds is 4. The van der Waals surface area contributed by atoms with E-state index in [4.69, 9.17) is 4.74 Å². The van der Waals surface area contributed by atoms with E-state index in [1.165, 1.54) is 4.90 Å². The summed E-state index contributed by atoms with van der Waals surface area (Å²) in [4.78, 5) is 24.7. The van der Waals surface area contributed by atoms with Gasteiger partial charge in [0.25, 0.3) is 5.91 Å². The molecule has 2 amide bonds. The SMILES string of the molecule is CCCCCC1=CC(=O)N(C(=O)OC(C)(C)C)C1. The molecule has 4 heteroatoms. The molecule has 1 rings (SSSR count). The number of carbonyl (C=O) groups is 2. The average Bonchev–Trinajstić information content (AvgIpc) is 2.58. The summed E-state index contributed by atoms with van der Waals surface area (Å²) < 4.78 is 5.20. The second kappa shape index (κ2) is 6.03. The molecule has 0 aromatic heterocycles. The maximum atomic E-state index is 11.8. The van der Waals surface area contributed by atoms with Crippen LogP contribution >= 0.6 is 0 Å². The van der Waals surface area contributed by atoms with Crippen molar-refractivity contribution in [3.8, 4) is 0 Å². The molecule has 0 N–H and O–H groups in total. The highest BCUT2D eigenvalue weighted by atomic mass is 16.6. The molecule has 1 aliphatic rings. The summed E-state index contributed by atoms with van der Waals surface area (Å²) in [5.41, 5.74) is 0.460. The Kier molecular flexibility index (Phi) is 4.93. The Balaban J connectivity index is 2.48. The van der Waals surface area contributed by atoms with Crippen molar-refractivity contribution in [2.45, 2.75) is 59.0 Å². The fourth-order valence-corrected chi connectivity index (χ4v) is 1.80. The standard InChI is InChI=1S/C14H23NO3/c1-5-6-7-8-11-9-12(16)15(10-11)13(17)18-14(2,3)4/h9H,5-8,10H2,1-4H3. The number of carbonyl (C=O) groups excluding carboxylic acids is 2. The van der Waals surface area contributed by atoms with Crippen LogP contribution in [0.4, 0.5) is 4.79 Å². The zero-order valence-corrected chi connectivity index (χ0v) is 11.8. The quantitative estimate of drug-likeness (QED) is 0.722. The van der Waals surface area contributed by atoms with Crippen LogP contribution in [0.5, 0.6) is 0 Å². The highest BCUT2D eigenvalue weighted by Crippen LogP contribution is 2.19. The van der Waals surface area contributed by atoms with Gasteiger partial charge in [-0.15, -0.1) is 0 Å². The van der Waals surface area contributed by atoms with Crippen LogP contribution in [0.2, 0.25) is 0 Å². The number of nitrogens with zero attached hydrogens (tertiary/aromatic N) is 1. The Hall–Kier alpha value is -1.32. The topological polar surface area (TPSA) is 46.6 Å². The molecule has 0 aromatic carbocycles. The van der Waals surface area contributed by atoms with Crippen molar-refractivity contribution in [2.75, 3.05) is 6.54 Å². The zero-order chi connectivity index (χ0) is 13.8. The third-order valence-corrected chi connectivity index (χ3v) is 2.67. The first-order valence-electron chi connectivity index (χ1n) is 6.57. The number of ether oxygens (including phenoxy) is 1. The maximum Gasteiger partial charge on any atom is 0.417 e. The van der Waals surface area contributed by atoms with Crippen molar-refractivity contribution < 1.29 is 14.3 Å². The Morgan fingerprint density at radius 2 is 2.06 bits per heavy atom. The van der Waals surface area contributed by atoms with E-state index in [0.717, 1.165) is 31.3 Å². The fourth-order valence-electron chi connectivity index (χ4n) is 1.80. The van der Waals surface area contributed by atoms with Crippen LogP contribution in [-0.4, -0.2) is 29.0 Å². The van der Waals surface area contributed by atoms with E-state index in [1.807, 2.05) is 0 Å². The highest BCUT2D eigenvalue weighted by Gasteiger charge is 2.30. The molecule has 0 spiro atoms. The Bertz CT molecular complexity index is 353. The molecule has 0 radical (unpaired) electrons. The molecule has 0 atom stereocenters. The van der Waals surface area contributed by atoms with Gasteiger partial charge in [0.2, 0.25) is 0 Å². The second-order valence-corrected chi connectivity index (χ2v) is 5.66. The number of hydrogen-bond acceptors (Lipinski definition) is 3. The lowest BCUT2D eigenvalue weighted by Crippen LogP contribution is -2.38. The minimum Gasteiger partial charge on any atom is -0.443 e. The van der Waals surface area contributed by atoms with Crippen molar-refractivity contribution in [1.82, 2.24) is 4.90 Å². The first-order valence-corrected chi connectivity index (χ1v) is 6.57. The summed E-state index contributed by atoms with van der Waals surface area (Å²) in [5.74, 6) is -0.254. The van der Waals surface area contributed by atoms with Gasteiger partial charge in [-0.25, -0.2) is 9.69 Å². The number of hydrogen-bond donors (Lipinski definition) is 0. The van der Waals surface area contributed by atoms with Crippen molar-refractivity contribution >= 4 is 12.0 Å². The molecular formula is C14H23NO3. The summed E-state index contributed by atoms with van der Waals surface area (Å²) in [6.07, 6.45) is 5.28. The van der Waals surface area contributed by atoms with E-state index in [0.29, 0.717) is 6.54 Å². The average molecular weight is 253 g/mol. The molecule has 0 fully saturated rings. The second-order valence-electron chi connectivity index (χ2n) is 5.66. The van der Waals surface area contributed by atoms with Crippen molar-refractivity contribution in [1.29, 1.82) is 0 Å². The lowest BCUT2D eigenvalue weighted by molar-refractivity contribution is -0.123. The Labute approximate surface area is 109 Å². The van der Waals surface area contributed by atoms with Crippen LogP contribution in [0.25, 0.3) is 0 Å². The number of imide groups is 1. The first-order chi connectivity index (χ1) is 8.33. The van der Waals surface area contributed by atoms with Gasteiger partial charge in [-0.2, -0.15) is 0 Å². The number of amides is 2. The smallest absolute Gasteiger partial charge is 0.417 e. The van der Waals surface area contributed by atoms with Crippen LogP contribution in [0.3, 0.4) is 0 Å². The summed E-state index contributed by atoms with van der Waals surface area (Å²) >= 11 is 0. The normalized spacial score (nSPS) is 15.9. The van der Waals surface area contributed by atoms with Gasteiger partial charge in [-0.3, -0.25) is 4.79 Å². The lowest BCUT2D eigenvalue weighted by Gasteiger charge is -2.23. The molecular weight excluding hydrogens is 230 g/mol. The minimum absolute atomic E-state index is 0.254. The molecule has 0 bridgehead atoms. The van der Waals surface area contributed by atoms with Crippen LogP contribution in [0.15, 0.2) is 11.6 Å². The van der Waals surface area contributed by atoms with Gasteiger partial charge in [0.05, 0.1) is 6.54 Å². The van der Waals surface area contributed by atoms with Crippen LogP contribution < -0.4 is 0 Å². The van der Waals surface area contributed by atoms with Crippen LogP contribution in [0.1, 0.15) is 53.4 Å². The van der Waals surface area contributed by atoms with Crippen molar-refractivity contribution in [3.63, 3.8) is 0 Å². The molecule has 0 aromatic rings. The fraction of sp³-hybridized carbons (Fsp3) is 0.714. The Morgan fingerprint density at radius 3 is 2.61 bits per heavy atom. The zero-order valence-electron chi connectivity index (χ0n) is 11.8. The van der Waals surface area contributed by atoms with E-state index in [-0.39, 0.29) is 5.91 Å². The summed E-state index contributed by atoms with van der Waals surface area (Å²) in [5, 5.41) is 0. The van der Waals surface area contributed by atoms with Gasteiger partial charge in [-0.1, -0.05) is 19.8 Å². The number of unbranched alkanes of at least 4 members (excludes halogenated alkanes) is 2. The molecule has 4 nitrogen and oxygen atoms in total. The van der Waals surface area contributed by atoms with Crippen LogP contribution in [0, 0.1) is 0 Å². The lowest BCUT2D eigenvalue weighted by atomic mass is 10.1. The molecule has 18 heavy (non-hydrogen) atoms. The van der Waals surface area contributed by atoms with Gasteiger partial charge >= 0.3 is 6.09 Å². The van der Waals surface area contributed by atoms with Gasteiger partial charge in [-0.05, 0) is 39.2 Å². The third kappa shape index (κ3) is 4.51. The predicted molar refractivity (Wildman–Crippen MR) is 70.2 cm³/mol. The summed E-state index contributed by atoms with van der Waals surface area (Å²) in [7, 11) is 0. The first kappa shape index (κ1) is 14.7. The largest absolute Gasteiger partial charge is 0.443 e. The third-order valence-electron chi connectivity index (χ3n) is 2.67. The molecule has 1 heterocycles. The highest BCUT2D eigenvalue weighted by molar-refractivity contribution is 6.01.